The molecule has 0 aromatic heterocycles. The van der Waals surface area contributed by atoms with E-state index < -0.39 is 11.9 Å². The SMILES string of the molecule is CCC(Oc1ccc(C=O)cc1F)C(=O)c1ccccc1. The number of halogens is 1. The van der Waals surface area contributed by atoms with Gasteiger partial charge in [0.2, 0.25) is 5.78 Å². The van der Waals surface area contributed by atoms with Crippen LogP contribution in [0.5, 0.6) is 5.75 Å². The standard InChI is InChI=1S/C17H15FO3/c1-2-15(17(20)13-6-4-3-5-7-13)21-16-9-8-12(11-19)10-14(16)18/h3-11,15H,2H2,1H3. The zero-order valence-electron chi connectivity index (χ0n) is 11.6. The monoisotopic (exact) mass is 286 g/mol. The Morgan fingerprint density at radius 1 is 1.24 bits per heavy atom. The molecule has 21 heavy (non-hydrogen) atoms. The maximum absolute atomic E-state index is 13.8. The van der Waals surface area contributed by atoms with E-state index in [1.54, 1.807) is 31.2 Å². The van der Waals surface area contributed by atoms with Gasteiger partial charge in [-0.05, 0) is 24.6 Å². The second-order valence-electron chi connectivity index (χ2n) is 4.55. The van der Waals surface area contributed by atoms with Crippen molar-refractivity contribution in [1.82, 2.24) is 0 Å². The van der Waals surface area contributed by atoms with Crippen molar-refractivity contribution >= 4 is 12.1 Å². The van der Waals surface area contributed by atoms with E-state index in [-0.39, 0.29) is 17.1 Å². The fourth-order valence-electron chi connectivity index (χ4n) is 1.95. The minimum absolute atomic E-state index is 0.0308. The molecule has 0 aliphatic heterocycles. The summed E-state index contributed by atoms with van der Waals surface area (Å²) >= 11 is 0. The van der Waals surface area contributed by atoms with E-state index in [0.29, 0.717) is 18.3 Å². The van der Waals surface area contributed by atoms with Gasteiger partial charge in [0, 0.05) is 11.1 Å². The lowest BCUT2D eigenvalue weighted by molar-refractivity contribution is 0.0779. The van der Waals surface area contributed by atoms with Crippen LogP contribution >= 0.6 is 0 Å². The molecule has 0 saturated heterocycles. The predicted octanol–water partition coefficient (Wildman–Crippen LogP) is 3.68. The van der Waals surface area contributed by atoms with Crippen molar-refractivity contribution in [3.05, 3.63) is 65.5 Å². The number of hydrogen-bond acceptors (Lipinski definition) is 3. The second kappa shape index (κ2) is 6.79. The van der Waals surface area contributed by atoms with Crippen molar-refractivity contribution < 1.29 is 18.7 Å². The topological polar surface area (TPSA) is 43.4 Å². The molecule has 0 radical (unpaired) electrons. The summed E-state index contributed by atoms with van der Waals surface area (Å²) in [6.07, 6.45) is 0.214. The molecule has 1 atom stereocenters. The van der Waals surface area contributed by atoms with Gasteiger partial charge in [-0.25, -0.2) is 4.39 Å². The van der Waals surface area contributed by atoms with Crippen molar-refractivity contribution in [2.45, 2.75) is 19.4 Å². The lowest BCUT2D eigenvalue weighted by atomic mass is 10.0. The van der Waals surface area contributed by atoms with Crippen LogP contribution in [0.3, 0.4) is 0 Å². The number of carbonyl (C=O) groups is 2. The largest absolute Gasteiger partial charge is 0.479 e. The zero-order chi connectivity index (χ0) is 15.2. The minimum Gasteiger partial charge on any atom is -0.479 e. The van der Waals surface area contributed by atoms with Gasteiger partial charge in [-0.3, -0.25) is 9.59 Å². The molecule has 2 rings (SSSR count). The highest BCUT2D eigenvalue weighted by Crippen LogP contribution is 2.21. The first kappa shape index (κ1) is 14.9. The molecular weight excluding hydrogens is 271 g/mol. The number of carbonyl (C=O) groups excluding carboxylic acids is 2. The van der Waals surface area contributed by atoms with E-state index in [4.69, 9.17) is 4.74 Å². The van der Waals surface area contributed by atoms with Crippen LogP contribution in [0.25, 0.3) is 0 Å². The van der Waals surface area contributed by atoms with Crippen LogP contribution in [0.15, 0.2) is 48.5 Å². The van der Waals surface area contributed by atoms with E-state index in [0.717, 1.165) is 6.07 Å². The maximum Gasteiger partial charge on any atom is 0.203 e. The van der Waals surface area contributed by atoms with Gasteiger partial charge < -0.3 is 4.74 Å². The molecule has 108 valence electrons. The van der Waals surface area contributed by atoms with Gasteiger partial charge in [0.05, 0.1) is 0 Å². The maximum atomic E-state index is 13.8. The van der Waals surface area contributed by atoms with E-state index in [1.165, 1.54) is 12.1 Å². The van der Waals surface area contributed by atoms with Crippen molar-refractivity contribution in [2.24, 2.45) is 0 Å². The van der Waals surface area contributed by atoms with E-state index in [9.17, 15) is 14.0 Å². The van der Waals surface area contributed by atoms with Crippen molar-refractivity contribution in [3.8, 4) is 5.75 Å². The second-order valence-corrected chi connectivity index (χ2v) is 4.55. The normalized spacial score (nSPS) is 11.7. The Hall–Kier alpha value is -2.49. The highest BCUT2D eigenvalue weighted by molar-refractivity contribution is 5.99. The highest BCUT2D eigenvalue weighted by Gasteiger charge is 2.21. The van der Waals surface area contributed by atoms with Crippen LogP contribution in [0.2, 0.25) is 0 Å². The molecule has 0 heterocycles. The fourth-order valence-corrected chi connectivity index (χ4v) is 1.95. The van der Waals surface area contributed by atoms with Crippen LogP contribution in [0.4, 0.5) is 4.39 Å². The number of Topliss-reactive ketones (excluding diaryl/α,β-unsaturated/α-hetero) is 1. The highest BCUT2D eigenvalue weighted by atomic mass is 19.1. The Morgan fingerprint density at radius 3 is 2.52 bits per heavy atom. The number of hydrogen-bond donors (Lipinski definition) is 0. The molecule has 0 saturated carbocycles. The molecule has 2 aromatic carbocycles. The lowest BCUT2D eigenvalue weighted by Gasteiger charge is -2.17. The van der Waals surface area contributed by atoms with Gasteiger partial charge in [-0.1, -0.05) is 37.3 Å². The summed E-state index contributed by atoms with van der Waals surface area (Å²) in [4.78, 5) is 22.9. The summed E-state index contributed by atoms with van der Waals surface area (Å²) in [5.41, 5.74) is 0.747. The average Bonchev–Trinajstić information content (AvgIpc) is 2.54. The predicted molar refractivity (Wildman–Crippen MR) is 77.3 cm³/mol. The van der Waals surface area contributed by atoms with Crippen molar-refractivity contribution in [2.75, 3.05) is 0 Å². The first-order valence-electron chi connectivity index (χ1n) is 6.66. The van der Waals surface area contributed by atoms with Gasteiger partial charge in [0.15, 0.2) is 17.7 Å². The molecule has 0 amide bonds. The molecule has 0 aliphatic rings. The lowest BCUT2D eigenvalue weighted by Crippen LogP contribution is -2.27. The molecule has 3 nitrogen and oxygen atoms in total. The third kappa shape index (κ3) is 3.54. The minimum atomic E-state index is -0.760. The van der Waals surface area contributed by atoms with Crippen LogP contribution in [0, 0.1) is 5.82 Å². The van der Waals surface area contributed by atoms with Gasteiger partial charge >= 0.3 is 0 Å². The molecule has 0 fully saturated rings. The van der Waals surface area contributed by atoms with Gasteiger partial charge in [-0.2, -0.15) is 0 Å². The first-order valence-corrected chi connectivity index (χ1v) is 6.66. The molecule has 0 N–H and O–H groups in total. The number of aldehydes is 1. The first-order chi connectivity index (χ1) is 10.2. The summed E-state index contributed by atoms with van der Waals surface area (Å²) in [6, 6.07) is 12.6. The van der Waals surface area contributed by atoms with E-state index in [1.807, 2.05) is 6.07 Å². The third-order valence-electron chi connectivity index (χ3n) is 3.08. The molecule has 1 unspecified atom stereocenters. The summed E-state index contributed by atoms with van der Waals surface area (Å²) in [7, 11) is 0. The summed E-state index contributed by atoms with van der Waals surface area (Å²) < 4.78 is 19.3. The van der Waals surface area contributed by atoms with Crippen molar-refractivity contribution in [3.63, 3.8) is 0 Å². The average molecular weight is 286 g/mol. The molecule has 0 aliphatic carbocycles. The Kier molecular flexibility index (Phi) is 4.82. The molecule has 2 aromatic rings. The molecular formula is C17H15FO3. The number of ether oxygens (including phenoxy) is 1. The Morgan fingerprint density at radius 2 is 1.95 bits per heavy atom. The zero-order valence-corrected chi connectivity index (χ0v) is 11.6. The van der Waals surface area contributed by atoms with Gasteiger partial charge in [0.1, 0.15) is 6.29 Å². The Bertz CT molecular complexity index is 638. The van der Waals surface area contributed by atoms with Crippen LogP contribution in [0.1, 0.15) is 34.1 Å². The molecule has 0 spiro atoms. The molecule has 4 heteroatoms. The van der Waals surface area contributed by atoms with Gasteiger partial charge in [0.25, 0.3) is 0 Å². The summed E-state index contributed by atoms with van der Waals surface area (Å²) in [5.74, 6) is -0.882. The fraction of sp³-hybridized carbons (Fsp3) is 0.176. The number of ketones is 1. The Balaban J connectivity index is 2.19. The quantitative estimate of drug-likeness (QED) is 0.601. The number of benzene rings is 2. The number of rotatable bonds is 6. The smallest absolute Gasteiger partial charge is 0.203 e. The van der Waals surface area contributed by atoms with Crippen LogP contribution in [-0.2, 0) is 0 Å². The third-order valence-corrected chi connectivity index (χ3v) is 3.08. The van der Waals surface area contributed by atoms with E-state index >= 15 is 0 Å². The Labute approximate surface area is 122 Å². The van der Waals surface area contributed by atoms with Crippen LogP contribution < -0.4 is 4.74 Å². The summed E-state index contributed by atoms with van der Waals surface area (Å²) in [6.45, 7) is 1.79. The van der Waals surface area contributed by atoms with Crippen LogP contribution in [-0.4, -0.2) is 18.2 Å². The van der Waals surface area contributed by atoms with Crippen molar-refractivity contribution in [1.29, 1.82) is 0 Å². The van der Waals surface area contributed by atoms with E-state index in [2.05, 4.69) is 0 Å². The molecule has 0 bridgehead atoms. The summed E-state index contributed by atoms with van der Waals surface area (Å²) in [5, 5.41) is 0. The van der Waals surface area contributed by atoms with Gasteiger partial charge in [-0.15, -0.1) is 0 Å².